The van der Waals surface area contributed by atoms with Gasteiger partial charge in [-0.05, 0) is 12.1 Å². The van der Waals surface area contributed by atoms with Crippen LogP contribution in [0.5, 0.6) is 0 Å². The van der Waals surface area contributed by atoms with Gasteiger partial charge in [0.1, 0.15) is 17.2 Å². The summed E-state index contributed by atoms with van der Waals surface area (Å²) >= 11 is 1.21. The van der Waals surface area contributed by atoms with Crippen molar-refractivity contribution in [2.45, 2.75) is 5.03 Å². The second-order valence-corrected chi connectivity index (χ2v) is 6.57. The number of amides is 1. The molecular formula is C16H16FN5O4S. The number of benzene rings is 1. The molecule has 1 amide bonds. The Bertz CT molecular complexity index is 847. The molecule has 1 aromatic heterocycles. The van der Waals surface area contributed by atoms with Gasteiger partial charge in [0.25, 0.3) is 0 Å². The second kappa shape index (κ2) is 8.73. The van der Waals surface area contributed by atoms with E-state index in [1.54, 1.807) is 6.07 Å². The Labute approximate surface area is 158 Å². The third kappa shape index (κ3) is 5.11. The molecule has 11 heteroatoms. The number of hydrogen-bond donors (Lipinski definition) is 1. The molecule has 27 heavy (non-hydrogen) atoms. The van der Waals surface area contributed by atoms with E-state index in [1.807, 2.05) is 0 Å². The summed E-state index contributed by atoms with van der Waals surface area (Å²) in [7, 11) is 0. The van der Waals surface area contributed by atoms with Crippen LogP contribution in [0.25, 0.3) is 0 Å². The molecule has 1 fully saturated rings. The fraction of sp³-hybridized carbons (Fsp3) is 0.312. The highest BCUT2D eigenvalue weighted by Gasteiger charge is 2.16. The third-order valence-electron chi connectivity index (χ3n) is 3.74. The molecule has 0 aliphatic carbocycles. The summed E-state index contributed by atoms with van der Waals surface area (Å²) in [6.45, 7) is 2.76. The Morgan fingerprint density at radius 1 is 1.33 bits per heavy atom. The fourth-order valence-electron chi connectivity index (χ4n) is 2.44. The van der Waals surface area contributed by atoms with Gasteiger partial charge >= 0.3 is 5.69 Å². The van der Waals surface area contributed by atoms with Gasteiger partial charge in [-0.15, -0.1) is 0 Å². The normalized spacial score (nSPS) is 14.0. The number of morpholine rings is 1. The lowest BCUT2D eigenvalue weighted by atomic mass is 10.2. The zero-order chi connectivity index (χ0) is 19.2. The first-order valence-electron chi connectivity index (χ1n) is 8.04. The quantitative estimate of drug-likeness (QED) is 0.344. The Hall–Kier alpha value is -2.79. The smallest absolute Gasteiger partial charge is 0.306 e. The molecule has 9 nitrogen and oxygen atoms in total. The van der Waals surface area contributed by atoms with E-state index in [0.29, 0.717) is 18.2 Å². The Kier molecular flexibility index (Phi) is 6.14. The first-order chi connectivity index (χ1) is 13.0. The summed E-state index contributed by atoms with van der Waals surface area (Å²) in [6, 6.07) is 5.00. The number of hydrogen-bond acceptors (Lipinski definition) is 8. The average molecular weight is 393 g/mol. The van der Waals surface area contributed by atoms with Gasteiger partial charge in [-0.2, -0.15) is 4.39 Å². The second-order valence-electron chi connectivity index (χ2n) is 5.57. The van der Waals surface area contributed by atoms with Crippen LogP contribution in [0.15, 0.2) is 35.6 Å². The number of nitro benzene ring substituents is 1. The Morgan fingerprint density at radius 3 is 2.85 bits per heavy atom. The summed E-state index contributed by atoms with van der Waals surface area (Å²) < 4.78 is 18.6. The summed E-state index contributed by atoms with van der Waals surface area (Å²) in [4.78, 5) is 32.4. The molecule has 2 aromatic rings. The number of nitrogens with zero attached hydrogens (tertiary/aromatic N) is 4. The minimum atomic E-state index is -0.955. The van der Waals surface area contributed by atoms with Crippen molar-refractivity contribution in [3.63, 3.8) is 0 Å². The van der Waals surface area contributed by atoms with Crippen molar-refractivity contribution in [2.24, 2.45) is 0 Å². The number of halogens is 1. The monoisotopic (exact) mass is 393 g/mol. The first-order valence-corrected chi connectivity index (χ1v) is 9.03. The molecule has 1 aliphatic heterocycles. The van der Waals surface area contributed by atoms with E-state index in [0.717, 1.165) is 31.0 Å². The van der Waals surface area contributed by atoms with Crippen LogP contribution in [-0.4, -0.2) is 52.9 Å². The Balaban J connectivity index is 1.58. The van der Waals surface area contributed by atoms with Gasteiger partial charge in [0.15, 0.2) is 0 Å². The standard InChI is InChI=1S/C16H16FN5O4S/c17-12-2-1-11(7-13(12)22(24)25)20-15(23)9-27-16-8-14(18-10-19-16)21-3-5-26-6-4-21/h1-2,7-8,10H,3-6,9H2,(H,20,23). The first kappa shape index (κ1) is 19.0. The molecule has 1 aliphatic rings. The van der Waals surface area contributed by atoms with E-state index in [-0.39, 0.29) is 17.3 Å². The van der Waals surface area contributed by atoms with Crippen molar-refractivity contribution in [3.8, 4) is 0 Å². The van der Waals surface area contributed by atoms with E-state index in [9.17, 15) is 19.3 Å². The molecule has 0 unspecified atom stereocenters. The summed E-state index contributed by atoms with van der Waals surface area (Å²) in [5.41, 5.74) is -0.531. The van der Waals surface area contributed by atoms with Crippen LogP contribution < -0.4 is 10.2 Å². The molecule has 0 saturated carbocycles. The van der Waals surface area contributed by atoms with Crippen LogP contribution in [0.1, 0.15) is 0 Å². The van der Waals surface area contributed by atoms with Gasteiger partial charge in [0, 0.05) is 30.9 Å². The summed E-state index contributed by atoms with van der Waals surface area (Å²) in [5.74, 6) is -0.521. The highest BCUT2D eigenvalue weighted by atomic mass is 32.2. The molecule has 0 atom stereocenters. The van der Waals surface area contributed by atoms with Crippen molar-refractivity contribution in [2.75, 3.05) is 42.3 Å². The molecular weight excluding hydrogens is 377 g/mol. The number of anilines is 2. The number of rotatable bonds is 6. The highest BCUT2D eigenvalue weighted by molar-refractivity contribution is 7.99. The predicted molar refractivity (Wildman–Crippen MR) is 97.5 cm³/mol. The minimum Gasteiger partial charge on any atom is -0.378 e. The molecule has 1 N–H and O–H groups in total. The molecule has 142 valence electrons. The molecule has 3 rings (SSSR count). The molecule has 1 aromatic carbocycles. The highest BCUT2D eigenvalue weighted by Crippen LogP contribution is 2.23. The fourth-order valence-corrected chi connectivity index (χ4v) is 3.10. The van der Waals surface area contributed by atoms with Crippen molar-refractivity contribution >= 4 is 34.9 Å². The van der Waals surface area contributed by atoms with Crippen LogP contribution in [0, 0.1) is 15.9 Å². The van der Waals surface area contributed by atoms with E-state index >= 15 is 0 Å². The van der Waals surface area contributed by atoms with Crippen LogP contribution in [0.2, 0.25) is 0 Å². The van der Waals surface area contributed by atoms with E-state index < -0.39 is 16.4 Å². The average Bonchev–Trinajstić information content (AvgIpc) is 2.68. The lowest BCUT2D eigenvalue weighted by Gasteiger charge is -2.27. The van der Waals surface area contributed by atoms with E-state index in [1.165, 1.54) is 24.2 Å². The molecule has 2 heterocycles. The minimum absolute atomic E-state index is 0.0464. The number of carbonyl (C=O) groups is 1. The number of thioether (sulfide) groups is 1. The van der Waals surface area contributed by atoms with Crippen molar-refractivity contribution in [1.29, 1.82) is 0 Å². The molecule has 0 radical (unpaired) electrons. The molecule has 0 spiro atoms. The Morgan fingerprint density at radius 2 is 2.11 bits per heavy atom. The van der Waals surface area contributed by atoms with Crippen LogP contribution >= 0.6 is 11.8 Å². The lowest BCUT2D eigenvalue weighted by Crippen LogP contribution is -2.36. The maximum absolute atomic E-state index is 13.3. The van der Waals surface area contributed by atoms with Crippen LogP contribution in [-0.2, 0) is 9.53 Å². The van der Waals surface area contributed by atoms with Crippen LogP contribution in [0.3, 0.4) is 0 Å². The van der Waals surface area contributed by atoms with Crippen molar-refractivity contribution in [1.82, 2.24) is 9.97 Å². The van der Waals surface area contributed by atoms with Gasteiger partial charge < -0.3 is 15.0 Å². The SMILES string of the molecule is O=C(CSc1cc(N2CCOCC2)ncn1)Nc1ccc(F)c([N+](=O)[O-])c1. The van der Waals surface area contributed by atoms with Crippen molar-refractivity contribution in [3.05, 3.63) is 46.5 Å². The van der Waals surface area contributed by atoms with E-state index in [2.05, 4.69) is 20.2 Å². The van der Waals surface area contributed by atoms with E-state index in [4.69, 9.17) is 4.74 Å². The maximum Gasteiger partial charge on any atom is 0.306 e. The summed E-state index contributed by atoms with van der Waals surface area (Å²) in [6.07, 6.45) is 1.44. The molecule has 0 bridgehead atoms. The summed E-state index contributed by atoms with van der Waals surface area (Å²) in [5, 5.41) is 13.9. The largest absolute Gasteiger partial charge is 0.378 e. The van der Waals surface area contributed by atoms with Gasteiger partial charge in [-0.3, -0.25) is 14.9 Å². The third-order valence-corrected chi connectivity index (χ3v) is 4.67. The number of nitro groups is 1. The molecule has 1 saturated heterocycles. The van der Waals surface area contributed by atoms with Gasteiger partial charge in [-0.25, -0.2) is 9.97 Å². The van der Waals surface area contributed by atoms with Crippen LogP contribution in [0.4, 0.5) is 21.6 Å². The predicted octanol–water partition coefficient (Wildman–Crippen LogP) is 2.09. The maximum atomic E-state index is 13.3. The van der Waals surface area contributed by atoms with Crippen molar-refractivity contribution < 1.29 is 18.8 Å². The number of aromatic nitrogens is 2. The zero-order valence-corrected chi connectivity index (χ0v) is 14.9. The van der Waals surface area contributed by atoms with Gasteiger partial charge in [0.05, 0.1) is 23.9 Å². The topological polar surface area (TPSA) is 110 Å². The zero-order valence-electron chi connectivity index (χ0n) is 14.1. The number of carbonyl (C=O) groups excluding carboxylic acids is 1. The van der Waals surface area contributed by atoms with Gasteiger partial charge in [-0.1, -0.05) is 11.8 Å². The number of nitrogens with one attached hydrogen (secondary N) is 1. The lowest BCUT2D eigenvalue weighted by molar-refractivity contribution is -0.387. The van der Waals surface area contributed by atoms with Gasteiger partial charge in [0.2, 0.25) is 11.7 Å². The number of ether oxygens (including phenoxy) is 1.